The first-order valence-corrected chi connectivity index (χ1v) is 6.08. The molecule has 106 valence electrons. The third-order valence-corrected chi connectivity index (χ3v) is 2.83. The van der Waals surface area contributed by atoms with Crippen molar-refractivity contribution < 1.29 is 13.8 Å². The van der Waals surface area contributed by atoms with Crippen molar-refractivity contribution >= 4 is 11.5 Å². The second-order valence-electron chi connectivity index (χ2n) is 4.89. The molecule has 2 aromatic rings. The summed E-state index contributed by atoms with van der Waals surface area (Å²) in [6.45, 7) is 3.96. The first kappa shape index (κ1) is 14.0. The summed E-state index contributed by atoms with van der Waals surface area (Å²) in [7, 11) is 0. The number of halogens is 1. The summed E-state index contributed by atoms with van der Waals surface area (Å²) in [4.78, 5) is 10.4. The number of nitrogens with zero attached hydrogens (tertiary/aromatic N) is 2. The van der Waals surface area contributed by atoms with Gasteiger partial charge in [-0.3, -0.25) is 10.1 Å². The van der Waals surface area contributed by atoms with E-state index in [0.29, 0.717) is 12.0 Å². The largest absolute Gasteiger partial charge is 0.381 e. The van der Waals surface area contributed by atoms with Crippen LogP contribution >= 0.6 is 0 Å². The number of rotatable bonds is 4. The number of nitrogens with two attached hydrogens (primary N) is 1. The number of hydrogen-bond donors (Lipinski definition) is 1. The number of nitro groups is 1. The van der Waals surface area contributed by atoms with Gasteiger partial charge in [-0.1, -0.05) is 19.0 Å². The van der Waals surface area contributed by atoms with Gasteiger partial charge in [-0.2, -0.15) is 0 Å². The van der Waals surface area contributed by atoms with Crippen LogP contribution in [0.2, 0.25) is 0 Å². The lowest BCUT2D eigenvalue weighted by molar-refractivity contribution is -0.384. The molecule has 0 fully saturated rings. The van der Waals surface area contributed by atoms with Crippen LogP contribution in [0.15, 0.2) is 22.7 Å². The summed E-state index contributed by atoms with van der Waals surface area (Å²) < 4.78 is 18.3. The van der Waals surface area contributed by atoms with E-state index in [-0.39, 0.29) is 28.7 Å². The molecule has 2 N–H and O–H groups in total. The molecule has 0 aliphatic heterocycles. The normalized spacial score (nSPS) is 11.0. The van der Waals surface area contributed by atoms with Crippen LogP contribution in [0, 0.1) is 21.8 Å². The van der Waals surface area contributed by atoms with Crippen molar-refractivity contribution in [3.63, 3.8) is 0 Å². The maximum atomic E-state index is 13.2. The number of nitro benzene ring substituents is 1. The van der Waals surface area contributed by atoms with E-state index in [1.54, 1.807) is 0 Å². The van der Waals surface area contributed by atoms with Gasteiger partial charge in [0.2, 0.25) is 0 Å². The molecule has 0 saturated heterocycles. The lowest BCUT2D eigenvalue weighted by Gasteiger charge is -2.06. The summed E-state index contributed by atoms with van der Waals surface area (Å²) >= 11 is 0. The highest BCUT2D eigenvalue weighted by Crippen LogP contribution is 2.36. The molecule has 0 radical (unpaired) electrons. The first-order chi connectivity index (χ1) is 9.40. The molecule has 0 spiro atoms. The molecule has 0 unspecified atom stereocenters. The third-order valence-electron chi connectivity index (χ3n) is 2.83. The van der Waals surface area contributed by atoms with E-state index in [4.69, 9.17) is 10.3 Å². The summed E-state index contributed by atoms with van der Waals surface area (Å²) in [6.07, 6.45) is 0.569. The maximum Gasteiger partial charge on any atom is 0.283 e. The van der Waals surface area contributed by atoms with Crippen LogP contribution in [0.25, 0.3) is 11.3 Å². The van der Waals surface area contributed by atoms with E-state index >= 15 is 0 Å². The zero-order chi connectivity index (χ0) is 14.9. The molecule has 0 amide bonds. The molecule has 7 heteroatoms. The van der Waals surface area contributed by atoms with Gasteiger partial charge in [0.25, 0.3) is 5.69 Å². The predicted molar refractivity (Wildman–Crippen MR) is 71.5 cm³/mol. The summed E-state index contributed by atoms with van der Waals surface area (Å²) in [6, 6.07) is 3.30. The van der Waals surface area contributed by atoms with Crippen molar-refractivity contribution in [2.45, 2.75) is 20.3 Å². The van der Waals surface area contributed by atoms with Crippen LogP contribution in [-0.2, 0) is 6.42 Å². The van der Waals surface area contributed by atoms with Crippen molar-refractivity contribution in [1.29, 1.82) is 0 Å². The molecular weight excluding hydrogens is 265 g/mol. The number of anilines is 1. The van der Waals surface area contributed by atoms with Crippen LogP contribution in [-0.4, -0.2) is 10.1 Å². The lowest BCUT2D eigenvalue weighted by atomic mass is 9.99. The Hall–Kier alpha value is -2.44. The Kier molecular flexibility index (Phi) is 3.69. The SMILES string of the molecule is CC(C)Cc1c(N)noc1-c1ccc(F)cc1[N+](=O)[O-]. The van der Waals surface area contributed by atoms with Gasteiger partial charge in [0.05, 0.1) is 16.6 Å². The molecule has 0 aliphatic carbocycles. The summed E-state index contributed by atoms with van der Waals surface area (Å²) in [5.74, 6) is 0.0172. The van der Waals surface area contributed by atoms with E-state index in [9.17, 15) is 14.5 Å². The Morgan fingerprint density at radius 3 is 2.80 bits per heavy atom. The fourth-order valence-electron chi connectivity index (χ4n) is 1.99. The Balaban J connectivity index is 2.60. The summed E-state index contributed by atoms with van der Waals surface area (Å²) in [5.41, 5.74) is 6.15. The molecule has 1 heterocycles. The molecule has 0 atom stereocenters. The smallest absolute Gasteiger partial charge is 0.283 e. The average Bonchev–Trinajstić information content (AvgIpc) is 2.70. The van der Waals surface area contributed by atoms with Crippen LogP contribution in [0.1, 0.15) is 19.4 Å². The molecule has 1 aromatic heterocycles. The molecule has 20 heavy (non-hydrogen) atoms. The second kappa shape index (κ2) is 5.28. The predicted octanol–water partition coefficient (Wildman–Crippen LogP) is 3.17. The van der Waals surface area contributed by atoms with Gasteiger partial charge in [-0.15, -0.1) is 0 Å². The molecule has 0 bridgehead atoms. The maximum absolute atomic E-state index is 13.2. The minimum atomic E-state index is -0.682. The minimum Gasteiger partial charge on any atom is -0.381 e. The van der Waals surface area contributed by atoms with E-state index in [1.165, 1.54) is 6.07 Å². The van der Waals surface area contributed by atoms with Crippen molar-refractivity contribution in [1.82, 2.24) is 5.16 Å². The van der Waals surface area contributed by atoms with Crippen molar-refractivity contribution in [3.05, 3.63) is 39.7 Å². The van der Waals surface area contributed by atoms with Crippen LogP contribution < -0.4 is 5.73 Å². The Morgan fingerprint density at radius 2 is 2.20 bits per heavy atom. The zero-order valence-corrected chi connectivity index (χ0v) is 11.1. The minimum absolute atomic E-state index is 0.177. The first-order valence-electron chi connectivity index (χ1n) is 6.08. The fourth-order valence-corrected chi connectivity index (χ4v) is 1.99. The van der Waals surface area contributed by atoms with Gasteiger partial charge >= 0.3 is 0 Å². The molecule has 6 nitrogen and oxygen atoms in total. The molecule has 0 saturated carbocycles. The zero-order valence-electron chi connectivity index (χ0n) is 11.1. The molecule has 0 aliphatic rings. The van der Waals surface area contributed by atoms with E-state index in [2.05, 4.69) is 5.16 Å². The number of aromatic nitrogens is 1. The number of benzene rings is 1. The van der Waals surface area contributed by atoms with Crippen LogP contribution in [0.4, 0.5) is 15.9 Å². The highest BCUT2D eigenvalue weighted by atomic mass is 19.1. The lowest BCUT2D eigenvalue weighted by Crippen LogP contribution is -2.00. The van der Waals surface area contributed by atoms with E-state index < -0.39 is 10.7 Å². The summed E-state index contributed by atoms with van der Waals surface area (Å²) in [5, 5.41) is 14.7. The topological polar surface area (TPSA) is 95.2 Å². The molecular formula is C13H14FN3O3. The fraction of sp³-hybridized carbons (Fsp3) is 0.308. The van der Waals surface area contributed by atoms with Crippen LogP contribution in [0.3, 0.4) is 0 Å². The monoisotopic (exact) mass is 279 g/mol. The third kappa shape index (κ3) is 2.61. The Morgan fingerprint density at radius 1 is 1.50 bits per heavy atom. The second-order valence-corrected chi connectivity index (χ2v) is 4.89. The highest BCUT2D eigenvalue weighted by molar-refractivity contribution is 5.74. The van der Waals surface area contributed by atoms with Crippen molar-refractivity contribution in [3.8, 4) is 11.3 Å². The quantitative estimate of drug-likeness (QED) is 0.685. The van der Waals surface area contributed by atoms with Crippen molar-refractivity contribution in [2.75, 3.05) is 5.73 Å². The molecule has 1 aromatic carbocycles. The van der Waals surface area contributed by atoms with Gasteiger partial charge in [0.1, 0.15) is 5.82 Å². The van der Waals surface area contributed by atoms with Crippen molar-refractivity contribution in [2.24, 2.45) is 5.92 Å². The molecule has 2 rings (SSSR count). The van der Waals surface area contributed by atoms with E-state index in [1.807, 2.05) is 13.8 Å². The standard InChI is InChI=1S/C13H14FN3O3/c1-7(2)5-10-12(20-16-13(10)15)9-4-3-8(14)6-11(9)17(18)19/h3-4,6-7H,5H2,1-2H3,(H2,15,16). The van der Waals surface area contributed by atoms with Gasteiger partial charge in [-0.05, 0) is 24.5 Å². The number of hydrogen-bond acceptors (Lipinski definition) is 5. The Bertz CT molecular complexity index is 652. The van der Waals surface area contributed by atoms with Gasteiger partial charge in [-0.25, -0.2) is 4.39 Å². The average molecular weight is 279 g/mol. The van der Waals surface area contributed by atoms with Crippen LogP contribution in [0.5, 0.6) is 0 Å². The van der Waals surface area contributed by atoms with E-state index in [0.717, 1.165) is 12.1 Å². The van der Waals surface area contributed by atoms with Gasteiger partial charge in [0.15, 0.2) is 11.6 Å². The number of nitrogen functional groups attached to an aromatic ring is 1. The van der Waals surface area contributed by atoms with Gasteiger partial charge in [0, 0.05) is 5.56 Å². The highest BCUT2D eigenvalue weighted by Gasteiger charge is 2.24. The van der Waals surface area contributed by atoms with Gasteiger partial charge < -0.3 is 10.3 Å². The Labute approximate surface area is 114 Å².